The molecule has 0 spiro atoms. The molecule has 3 nitrogen and oxygen atoms in total. The van der Waals surface area contributed by atoms with Gasteiger partial charge in [-0.05, 0) is 49.2 Å². The summed E-state index contributed by atoms with van der Waals surface area (Å²) in [6.45, 7) is 5.39. The van der Waals surface area contributed by atoms with Gasteiger partial charge in [-0.25, -0.2) is 0 Å². The molecule has 0 aliphatic carbocycles. The van der Waals surface area contributed by atoms with E-state index < -0.39 is 0 Å². The fraction of sp³-hybridized carbons (Fsp3) is 0.250. The minimum atomic E-state index is 0.195. The zero-order valence-corrected chi connectivity index (χ0v) is 19.2. The van der Waals surface area contributed by atoms with E-state index in [0.717, 1.165) is 5.56 Å². The Morgan fingerprint density at radius 2 is 1.57 bits per heavy atom. The van der Waals surface area contributed by atoms with Crippen LogP contribution in [0.3, 0.4) is 0 Å². The summed E-state index contributed by atoms with van der Waals surface area (Å²) in [5.41, 5.74) is 2.95. The van der Waals surface area contributed by atoms with Gasteiger partial charge in [0.25, 0.3) is 0 Å². The second-order valence-corrected chi connectivity index (χ2v) is 8.06. The lowest BCUT2D eigenvalue weighted by molar-refractivity contribution is 0.269. The Labute approximate surface area is 192 Å². The van der Waals surface area contributed by atoms with Gasteiger partial charge in [0.2, 0.25) is 0 Å². The summed E-state index contributed by atoms with van der Waals surface area (Å²) < 4.78 is 11.8. The van der Waals surface area contributed by atoms with Crippen LogP contribution in [-0.4, -0.2) is 6.61 Å². The number of benzene rings is 3. The van der Waals surface area contributed by atoms with Crippen molar-refractivity contribution >= 4 is 34.8 Å². The Balaban J connectivity index is 1.75. The summed E-state index contributed by atoms with van der Waals surface area (Å²) >= 11 is 19.0. The standard InChI is InChI=1S/C24H24Cl3NO2/c1-3-29-23-13-17(14-28-16(2)18-8-5-4-6-9-18)12-22(27)24(23)30-15-19-20(25)10-7-11-21(19)26/h4-13,16,28H,3,14-15H2,1-2H3/t16-/m0/s1. The fourth-order valence-electron chi connectivity index (χ4n) is 3.07. The lowest BCUT2D eigenvalue weighted by Gasteiger charge is -2.18. The van der Waals surface area contributed by atoms with E-state index in [1.165, 1.54) is 5.56 Å². The van der Waals surface area contributed by atoms with Gasteiger partial charge in [-0.3, -0.25) is 0 Å². The van der Waals surface area contributed by atoms with E-state index in [1.807, 2.05) is 37.3 Å². The first-order valence-corrected chi connectivity index (χ1v) is 10.9. The first-order valence-electron chi connectivity index (χ1n) is 9.78. The molecular formula is C24H24Cl3NO2. The van der Waals surface area contributed by atoms with E-state index >= 15 is 0 Å². The maximum absolute atomic E-state index is 6.55. The molecule has 0 aliphatic rings. The molecule has 0 unspecified atom stereocenters. The molecule has 6 heteroatoms. The molecule has 3 rings (SSSR count). The van der Waals surface area contributed by atoms with Crippen molar-refractivity contribution in [3.05, 3.63) is 92.4 Å². The van der Waals surface area contributed by atoms with Crippen molar-refractivity contribution in [2.75, 3.05) is 6.61 Å². The van der Waals surface area contributed by atoms with Crippen molar-refractivity contribution in [1.82, 2.24) is 5.32 Å². The monoisotopic (exact) mass is 463 g/mol. The van der Waals surface area contributed by atoms with Crippen molar-refractivity contribution in [3.63, 3.8) is 0 Å². The Hall–Kier alpha value is -1.91. The topological polar surface area (TPSA) is 30.5 Å². The molecule has 0 amide bonds. The number of hydrogen-bond acceptors (Lipinski definition) is 3. The second kappa shape index (κ2) is 10.9. The lowest BCUT2D eigenvalue weighted by atomic mass is 10.1. The van der Waals surface area contributed by atoms with Crippen LogP contribution in [0.15, 0.2) is 60.7 Å². The van der Waals surface area contributed by atoms with Crippen LogP contribution in [0, 0.1) is 0 Å². The molecule has 0 bridgehead atoms. The molecule has 0 heterocycles. The summed E-state index contributed by atoms with van der Waals surface area (Å²) in [5, 5.41) is 5.09. The van der Waals surface area contributed by atoms with Gasteiger partial charge in [0.15, 0.2) is 11.5 Å². The van der Waals surface area contributed by atoms with E-state index in [1.54, 1.807) is 18.2 Å². The third-order valence-electron chi connectivity index (χ3n) is 4.70. The summed E-state index contributed by atoms with van der Waals surface area (Å²) in [5.74, 6) is 1.08. The normalized spacial score (nSPS) is 11.9. The highest BCUT2D eigenvalue weighted by molar-refractivity contribution is 6.36. The quantitative estimate of drug-likeness (QED) is 0.356. The Bertz CT molecular complexity index is 959. The van der Waals surface area contributed by atoms with Gasteiger partial charge >= 0.3 is 0 Å². The van der Waals surface area contributed by atoms with Gasteiger partial charge in [-0.1, -0.05) is 71.2 Å². The first kappa shape index (κ1) is 22.8. The molecule has 0 aromatic heterocycles. The van der Waals surface area contributed by atoms with Crippen LogP contribution >= 0.6 is 34.8 Å². The molecule has 3 aromatic carbocycles. The van der Waals surface area contributed by atoms with Gasteiger partial charge in [0.05, 0.1) is 11.6 Å². The largest absolute Gasteiger partial charge is 0.490 e. The van der Waals surface area contributed by atoms with Crippen LogP contribution in [0.2, 0.25) is 15.1 Å². The number of rotatable bonds is 9. The molecule has 0 fully saturated rings. The zero-order chi connectivity index (χ0) is 21.5. The summed E-state index contributed by atoms with van der Waals surface area (Å²) in [6, 6.07) is 19.7. The lowest BCUT2D eigenvalue weighted by Crippen LogP contribution is -2.18. The maximum atomic E-state index is 6.55. The van der Waals surface area contributed by atoms with Gasteiger partial charge < -0.3 is 14.8 Å². The van der Waals surface area contributed by atoms with Crippen molar-refractivity contribution in [2.24, 2.45) is 0 Å². The Morgan fingerprint density at radius 3 is 2.23 bits per heavy atom. The van der Waals surface area contributed by atoms with Crippen molar-refractivity contribution in [1.29, 1.82) is 0 Å². The van der Waals surface area contributed by atoms with Crippen LogP contribution in [0.1, 0.15) is 36.6 Å². The van der Waals surface area contributed by atoms with Gasteiger partial charge in [-0.2, -0.15) is 0 Å². The molecule has 30 heavy (non-hydrogen) atoms. The van der Waals surface area contributed by atoms with E-state index in [-0.39, 0.29) is 12.6 Å². The predicted octanol–water partition coefficient (Wildman–Crippen LogP) is 7.48. The van der Waals surface area contributed by atoms with Crippen molar-refractivity contribution in [3.8, 4) is 11.5 Å². The smallest absolute Gasteiger partial charge is 0.180 e. The summed E-state index contributed by atoms with van der Waals surface area (Å²) in [4.78, 5) is 0. The molecule has 0 aliphatic heterocycles. The minimum Gasteiger partial charge on any atom is -0.490 e. The van der Waals surface area contributed by atoms with E-state index in [4.69, 9.17) is 44.3 Å². The highest BCUT2D eigenvalue weighted by Gasteiger charge is 2.15. The molecule has 0 radical (unpaired) electrons. The average Bonchev–Trinajstić information content (AvgIpc) is 2.74. The average molecular weight is 465 g/mol. The zero-order valence-electron chi connectivity index (χ0n) is 16.9. The molecule has 1 N–H and O–H groups in total. The van der Waals surface area contributed by atoms with Gasteiger partial charge in [-0.15, -0.1) is 0 Å². The van der Waals surface area contributed by atoms with Crippen LogP contribution in [-0.2, 0) is 13.2 Å². The minimum absolute atomic E-state index is 0.195. The number of halogens is 3. The summed E-state index contributed by atoms with van der Waals surface area (Å²) in [6.07, 6.45) is 0. The molecule has 158 valence electrons. The fourth-order valence-corrected chi connectivity index (χ4v) is 3.87. The third kappa shape index (κ3) is 5.83. The molecule has 0 saturated carbocycles. The van der Waals surface area contributed by atoms with Gasteiger partial charge in [0, 0.05) is 28.2 Å². The number of ether oxygens (including phenoxy) is 2. The van der Waals surface area contributed by atoms with Crippen molar-refractivity contribution in [2.45, 2.75) is 33.0 Å². The molecule has 0 saturated heterocycles. The van der Waals surface area contributed by atoms with E-state index in [0.29, 0.717) is 45.3 Å². The van der Waals surface area contributed by atoms with Crippen molar-refractivity contribution < 1.29 is 9.47 Å². The highest BCUT2D eigenvalue weighted by Crippen LogP contribution is 2.38. The summed E-state index contributed by atoms with van der Waals surface area (Å²) in [7, 11) is 0. The molecular weight excluding hydrogens is 441 g/mol. The Morgan fingerprint density at radius 1 is 0.867 bits per heavy atom. The third-order valence-corrected chi connectivity index (χ3v) is 5.69. The van der Waals surface area contributed by atoms with E-state index in [9.17, 15) is 0 Å². The number of nitrogens with one attached hydrogen (secondary N) is 1. The highest BCUT2D eigenvalue weighted by atomic mass is 35.5. The van der Waals surface area contributed by atoms with Crippen LogP contribution in [0.4, 0.5) is 0 Å². The maximum Gasteiger partial charge on any atom is 0.180 e. The molecule has 3 aromatic rings. The number of hydrogen-bond donors (Lipinski definition) is 1. The first-order chi connectivity index (χ1) is 14.5. The van der Waals surface area contributed by atoms with E-state index in [2.05, 4.69) is 24.4 Å². The van der Waals surface area contributed by atoms with Crippen LogP contribution < -0.4 is 14.8 Å². The van der Waals surface area contributed by atoms with Crippen LogP contribution in [0.5, 0.6) is 11.5 Å². The second-order valence-electron chi connectivity index (χ2n) is 6.84. The predicted molar refractivity (Wildman–Crippen MR) is 125 cm³/mol. The molecule has 1 atom stereocenters. The Kier molecular flexibility index (Phi) is 8.29. The van der Waals surface area contributed by atoms with Gasteiger partial charge in [0.1, 0.15) is 6.61 Å². The van der Waals surface area contributed by atoms with Crippen LogP contribution in [0.25, 0.3) is 0 Å². The SMILES string of the molecule is CCOc1cc(CN[C@@H](C)c2ccccc2)cc(Cl)c1OCc1c(Cl)cccc1Cl.